The second-order valence-electron chi connectivity index (χ2n) is 4.43. The number of amides is 1. The van der Waals surface area contributed by atoms with Crippen LogP contribution < -0.4 is 5.32 Å². The molecule has 2 aliphatic rings. The van der Waals surface area contributed by atoms with Crippen molar-refractivity contribution in [1.82, 2.24) is 10.2 Å². The van der Waals surface area contributed by atoms with Gasteiger partial charge >= 0.3 is 0 Å². The second kappa shape index (κ2) is 4.94. The lowest BCUT2D eigenvalue weighted by Gasteiger charge is -2.34. The van der Waals surface area contributed by atoms with Crippen LogP contribution in [0.2, 0.25) is 0 Å². The van der Waals surface area contributed by atoms with E-state index in [1.807, 2.05) is 11.8 Å². The smallest absolute Gasteiger partial charge is 0.239 e. The second-order valence-corrected chi connectivity index (χ2v) is 4.43. The van der Waals surface area contributed by atoms with Crippen LogP contribution in [-0.4, -0.2) is 49.2 Å². The first-order chi connectivity index (χ1) is 7.29. The summed E-state index contributed by atoms with van der Waals surface area (Å²) in [4.78, 5) is 14.1. The van der Waals surface area contributed by atoms with E-state index in [9.17, 15) is 4.79 Å². The van der Waals surface area contributed by atoms with Gasteiger partial charge in [-0.2, -0.15) is 0 Å². The Morgan fingerprint density at radius 3 is 3.07 bits per heavy atom. The van der Waals surface area contributed by atoms with Crippen LogP contribution in [0.5, 0.6) is 0 Å². The van der Waals surface area contributed by atoms with Crippen molar-refractivity contribution < 1.29 is 9.53 Å². The highest BCUT2D eigenvalue weighted by Crippen LogP contribution is 2.16. The minimum Gasteiger partial charge on any atom is -0.379 e. The van der Waals surface area contributed by atoms with Gasteiger partial charge in [-0.15, -0.1) is 0 Å². The Kier molecular flexibility index (Phi) is 3.59. The van der Waals surface area contributed by atoms with Gasteiger partial charge < -0.3 is 15.0 Å². The van der Waals surface area contributed by atoms with Crippen molar-refractivity contribution in [3.63, 3.8) is 0 Å². The normalized spacial score (nSPS) is 33.9. The molecule has 0 aromatic heterocycles. The van der Waals surface area contributed by atoms with E-state index in [-0.39, 0.29) is 11.9 Å². The number of nitrogens with zero attached hydrogens (tertiary/aromatic N) is 1. The van der Waals surface area contributed by atoms with Crippen molar-refractivity contribution in [3.05, 3.63) is 0 Å². The number of carbonyl (C=O) groups excluding carboxylic acids is 1. The molecule has 4 heteroatoms. The summed E-state index contributed by atoms with van der Waals surface area (Å²) >= 11 is 0. The standard InChI is InChI=1S/C11H20N2O2/c1-9-11(14)13(6-3-5-12-9)10-4-2-7-15-8-10/h9-10,12H,2-8H2,1H3. The van der Waals surface area contributed by atoms with Gasteiger partial charge in [0.1, 0.15) is 0 Å². The van der Waals surface area contributed by atoms with Gasteiger partial charge in [-0.1, -0.05) is 0 Å². The Hall–Kier alpha value is -0.610. The third kappa shape index (κ3) is 2.49. The number of carbonyl (C=O) groups is 1. The molecule has 2 atom stereocenters. The fourth-order valence-electron chi connectivity index (χ4n) is 2.35. The molecular formula is C11H20N2O2. The van der Waals surface area contributed by atoms with Crippen molar-refractivity contribution in [2.45, 2.75) is 38.3 Å². The van der Waals surface area contributed by atoms with E-state index in [2.05, 4.69) is 5.32 Å². The average molecular weight is 212 g/mol. The Bertz CT molecular complexity index is 227. The SMILES string of the molecule is CC1NCCCN(C2CCCOC2)C1=O. The van der Waals surface area contributed by atoms with Crippen molar-refractivity contribution in [2.75, 3.05) is 26.3 Å². The predicted molar refractivity (Wildman–Crippen MR) is 57.6 cm³/mol. The molecule has 0 aromatic rings. The van der Waals surface area contributed by atoms with Gasteiger partial charge in [0.15, 0.2) is 0 Å². The lowest BCUT2D eigenvalue weighted by atomic mass is 10.1. The highest BCUT2D eigenvalue weighted by Gasteiger charge is 2.29. The molecule has 2 fully saturated rings. The van der Waals surface area contributed by atoms with Crippen LogP contribution >= 0.6 is 0 Å². The molecule has 1 N–H and O–H groups in total. The van der Waals surface area contributed by atoms with E-state index in [4.69, 9.17) is 4.74 Å². The Morgan fingerprint density at radius 1 is 1.47 bits per heavy atom. The summed E-state index contributed by atoms with van der Waals surface area (Å²) in [7, 11) is 0. The number of ether oxygens (including phenoxy) is 1. The fraction of sp³-hybridized carbons (Fsp3) is 0.909. The van der Waals surface area contributed by atoms with Crippen LogP contribution in [0.25, 0.3) is 0 Å². The molecule has 4 nitrogen and oxygen atoms in total. The fourth-order valence-corrected chi connectivity index (χ4v) is 2.35. The maximum absolute atomic E-state index is 12.1. The van der Waals surface area contributed by atoms with Crippen LogP contribution in [0, 0.1) is 0 Å². The molecule has 2 rings (SSSR count). The van der Waals surface area contributed by atoms with Crippen LogP contribution in [0.1, 0.15) is 26.2 Å². The van der Waals surface area contributed by atoms with Crippen molar-refractivity contribution in [3.8, 4) is 0 Å². The van der Waals surface area contributed by atoms with E-state index < -0.39 is 0 Å². The largest absolute Gasteiger partial charge is 0.379 e. The molecule has 0 bridgehead atoms. The molecule has 0 saturated carbocycles. The maximum atomic E-state index is 12.1. The average Bonchev–Trinajstić information content (AvgIpc) is 2.44. The minimum atomic E-state index is -0.0329. The van der Waals surface area contributed by atoms with Crippen molar-refractivity contribution in [2.24, 2.45) is 0 Å². The number of rotatable bonds is 1. The summed E-state index contributed by atoms with van der Waals surface area (Å²) in [6.07, 6.45) is 3.22. The predicted octanol–water partition coefficient (Wildman–Crippen LogP) is 0.376. The monoisotopic (exact) mass is 212 g/mol. The number of hydrogen-bond acceptors (Lipinski definition) is 3. The highest BCUT2D eigenvalue weighted by molar-refractivity contribution is 5.82. The van der Waals surface area contributed by atoms with Gasteiger partial charge in [-0.05, 0) is 32.7 Å². The molecule has 86 valence electrons. The quantitative estimate of drug-likeness (QED) is 0.683. The molecular weight excluding hydrogens is 192 g/mol. The Labute approximate surface area is 91.0 Å². The van der Waals surface area contributed by atoms with E-state index in [1.54, 1.807) is 0 Å². The molecule has 2 heterocycles. The summed E-state index contributed by atoms with van der Waals surface area (Å²) in [5, 5.41) is 3.23. The van der Waals surface area contributed by atoms with Gasteiger partial charge in [0, 0.05) is 13.2 Å². The van der Waals surface area contributed by atoms with Crippen LogP contribution in [0.3, 0.4) is 0 Å². The molecule has 15 heavy (non-hydrogen) atoms. The van der Waals surface area contributed by atoms with Crippen LogP contribution in [0.4, 0.5) is 0 Å². The third-order valence-corrected chi connectivity index (χ3v) is 3.26. The van der Waals surface area contributed by atoms with Gasteiger partial charge in [0.05, 0.1) is 18.7 Å². The maximum Gasteiger partial charge on any atom is 0.239 e. The van der Waals surface area contributed by atoms with Crippen LogP contribution in [0.15, 0.2) is 0 Å². The number of hydrogen-bond donors (Lipinski definition) is 1. The summed E-state index contributed by atoms with van der Waals surface area (Å²) in [6, 6.07) is 0.281. The zero-order valence-electron chi connectivity index (χ0n) is 9.37. The van der Waals surface area contributed by atoms with E-state index in [0.29, 0.717) is 6.04 Å². The molecule has 2 aliphatic heterocycles. The molecule has 2 unspecified atom stereocenters. The van der Waals surface area contributed by atoms with Gasteiger partial charge in [0.25, 0.3) is 0 Å². The summed E-state index contributed by atoms with van der Waals surface area (Å²) in [5.74, 6) is 0.239. The van der Waals surface area contributed by atoms with Crippen molar-refractivity contribution in [1.29, 1.82) is 0 Å². The molecule has 0 radical (unpaired) electrons. The van der Waals surface area contributed by atoms with Gasteiger partial charge in [-0.25, -0.2) is 0 Å². The third-order valence-electron chi connectivity index (χ3n) is 3.26. The lowest BCUT2D eigenvalue weighted by Crippen LogP contribution is -2.49. The lowest BCUT2D eigenvalue weighted by molar-refractivity contribution is -0.137. The van der Waals surface area contributed by atoms with E-state index in [1.165, 1.54) is 0 Å². The summed E-state index contributed by atoms with van der Waals surface area (Å²) in [6.45, 7) is 5.34. The number of nitrogens with one attached hydrogen (secondary N) is 1. The molecule has 0 aliphatic carbocycles. The first kappa shape index (κ1) is 10.9. The zero-order valence-corrected chi connectivity index (χ0v) is 9.37. The van der Waals surface area contributed by atoms with Gasteiger partial charge in [0.2, 0.25) is 5.91 Å². The first-order valence-corrected chi connectivity index (χ1v) is 5.90. The molecule has 2 saturated heterocycles. The highest BCUT2D eigenvalue weighted by atomic mass is 16.5. The first-order valence-electron chi connectivity index (χ1n) is 5.90. The van der Waals surface area contributed by atoms with Gasteiger partial charge in [-0.3, -0.25) is 4.79 Å². The topological polar surface area (TPSA) is 41.6 Å². The van der Waals surface area contributed by atoms with E-state index >= 15 is 0 Å². The summed E-state index contributed by atoms with van der Waals surface area (Å²) in [5.41, 5.74) is 0. The Morgan fingerprint density at radius 2 is 2.33 bits per heavy atom. The molecule has 1 amide bonds. The molecule has 0 aromatic carbocycles. The van der Waals surface area contributed by atoms with Crippen molar-refractivity contribution >= 4 is 5.91 Å². The minimum absolute atomic E-state index is 0.0329. The van der Waals surface area contributed by atoms with Crippen LogP contribution in [-0.2, 0) is 9.53 Å². The van der Waals surface area contributed by atoms with E-state index in [0.717, 1.165) is 45.6 Å². The molecule has 0 spiro atoms. The summed E-state index contributed by atoms with van der Waals surface area (Å²) < 4.78 is 5.45. The zero-order chi connectivity index (χ0) is 10.7. The Balaban J connectivity index is 2.00.